The first kappa shape index (κ1) is 23.2. The third-order valence-electron chi connectivity index (χ3n) is 4.35. The number of phenols is 1. The molecule has 3 rings (SSSR count). The zero-order valence-corrected chi connectivity index (χ0v) is 18.8. The molecular weight excluding hydrogens is 456 g/mol. The smallest absolute Gasteiger partial charge is 0.265 e. The summed E-state index contributed by atoms with van der Waals surface area (Å²) in [4.78, 5) is 12.4. The molecule has 0 aliphatic rings. The van der Waals surface area contributed by atoms with Gasteiger partial charge in [0.1, 0.15) is 17.2 Å². The minimum atomic E-state index is -3.99. The van der Waals surface area contributed by atoms with Crippen molar-refractivity contribution < 1.29 is 27.8 Å². The predicted octanol–water partition coefficient (Wildman–Crippen LogP) is 4.26. The molecule has 168 valence electrons. The molecule has 3 N–H and O–H groups in total. The first-order chi connectivity index (χ1) is 15.2. The predicted molar refractivity (Wildman–Crippen MR) is 122 cm³/mol. The van der Waals surface area contributed by atoms with E-state index in [4.69, 9.17) is 21.1 Å². The number of benzene rings is 3. The average molecular weight is 477 g/mol. The van der Waals surface area contributed by atoms with E-state index in [2.05, 4.69) is 10.0 Å². The Bertz CT molecular complexity index is 1220. The lowest BCUT2D eigenvalue weighted by Gasteiger charge is -2.16. The molecule has 0 aromatic heterocycles. The zero-order valence-electron chi connectivity index (χ0n) is 17.2. The number of carbonyl (C=O) groups is 1. The summed E-state index contributed by atoms with van der Waals surface area (Å²) in [5.41, 5.74) is 0.201. The van der Waals surface area contributed by atoms with E-state index >= 15 is 0 Å². The molecule has 10 heteroatoms. The van der Waals surface area contributed by atoms with Gasteiger partial charge < -0.3 is 19.9 Å². The largest absolute Gasteiger partial charge is 0.506 e. The van der Waals surface area contributed by atoms with Gasteiger partial charge in [-0.3, -0.25) is 9.52 Å². The van der Waals surface area contributed by atoms with Crippen molar-refractivity contribution in [2.24, 2.45) is 0 Å². The number of phenolic OH excluding ortho intramolecular Hbond substituents is 1. The molecule has 32 heavy (non-hydrogen) atoms. The maximum Gasteiger partial charge on any atom is 0.265 e. The van der Waals surface area contributed by atoms with Crippen molar-refractivity contribution in [2.75, 3.05) is 17.1 Å². The monoisotopic (exact) mass is 476 g/mol. The van der Waals surface area contributed by atoms with Crippen molar-refractivity contribution in [3.63, 3.8) is 0 Å². The molecule has 0 saturated heterocycles. The Labute approximate surface area is 190 Å². The van der Waals surface area contributed by atoms with E-state index < -0.39 is 22.0 Å². The topological polar surface area (TPSA) is 114 Å². The van der Waals surface area contributed by atoms with Crippen molar-refractivity contribution in [1.82, 2.24) is 0 Å². The van der Waals surface area contributed by atoms with Gasteiger partial charge in [0.2, 0.25) is 0 Å². The van der Waals surface area contributed by atoms with E-state index in [1.165, 1.54) is 32.2 Å². The van der Waals surface area contributed by atoms with Gasteiger partial charge in [-0.25, -0.2) is 8.42 Å². The molecule has 0 aliphatic carbocycles. The third kappa shape index (κ3) is 5.83. The van der Waals surface area contributed by atoms with Crippen LogP contribution in [-0.4, -0.2) is 32.6 Å². The normalized spacial score (nSPS) is 12.0. The lowest BCUT2D eigenvalue weighted by Crippen LogP contribution is -2.30. The molecule has 8 nitrogen and oxygen atoms in total. The van der Waals surface area contributed by atoms with Crippen molar-refractivity contribution >= 4 is 38.9 Å². The van der Waals surface area contributed by atoms with E-state index in [-0.39, 0.29) is 22.0 Å². The molecule has 3 aromatic carbocycles. The number of hydrogen-bond acceptors (Lipinski definition) is 6. The van der Waals surface area contributed by atoms with Crippen molar-refractivity contribution in [1.29, 1.82) is 0 Å². The second-order valence-electron chi connectivity index (χ2n) is 6.72. The number of halogens is 1. The minimum Gasteiger partial charge on any atom is -0.506 e. The van der Waals surface area contributed by atoms with Crippen LogP contribution < -0.4 is 19.5 Å². The summed E-state index contributed by atoms with van der Waals surface area (Å²) in [5, 5.41) is 13.0. The molecule has 0 fully saturated rings. The molecule has 0 spiro atoms. The molecule has 0 heterocycles. The van der Waals surface area contributed by atoms with Crippen molar-refractivity contribution in [3.8, 4) is 17.2 Å². The first-order valence-corrected chi connectivity index (χ1v) is 11.3. The SMILES string of the molecule is COc1ccc(OC(C)C(=O)Nc2cc(S(=O)(=O)Nc3cccc(Cl)c3)ccc2O)cc1. The minimum absolute atomic E-state index is 0.0749. The number of anilines is 2. The summed E-state index contributed by atoms with van der Waals surface area (Å²) < 4.78 is 38.5. The lowest BCUT2D eigenvalue weighted by atomic mass is 10.2. The van der Waals surface area contributed by atoms with Crippen LogP contribution in [0.4, 0.5) is 11.4 Å². The highest BCUT2D eigenvalue weighted by molar-refractivity contribution is 7.92. The Balaban J connectivity index is 1.73. The van der Waals surface area contributed by atoms with Gasteiger partial charge in [-0.1, -0.05) is 17.7 Å². The summed E-state index contributed by atoms with van der Waals surface area (Å²) in [6.07, 6.45) is -0.923. The third-order valence-corrected chi connectivity index (χ3v) is 5.97. The van der Waals surface area contributed by atoms with Gasteiger partial charge in [0.05, 0.1) is 23.4 Å². The van der Waals surface area contributed by atoms with E-state index in [0.717, 1.165) is 6.07 Å². The molecule has 1 unspecified atom stereocenters. The van der Waals surface area contributed by atoms with Gasteiger partial charge >= 0.3 is 0 Å². The van der Waals surface area contributed by atoms with Crippen LogP contribution in [0.25, 0.3) is 0 Å². The quantitative estimate of drug-likeness (QED) is 0.418. The van der Waals surface area contributed by atoms with Gasteiger partial charge in [-0.2, -0.15) is 0 Å². The van der Waals surface area contributed by atoms with Crippen LogP contribution in [-0.2, 0) is 14.8 Å². The Hall–Kier alpha value is -3.43. The molecular formula is C22H21ClN2O6S. The van der Waals surface area contributed by atoms with E-state index in [1.54, 1.807) is 42.5 Å². The van der Waals surface area contributed by atoms with Crippen LogP contribution in [0.1, 0.15) is 6.92 Å². The van der Waals surface area contributed by atoms with Crippen LogP contribution >= 0.6 is 11.6 Å². The van der Waals surface area contributed by atoms with Crippen LogP contribution in [0.3, 0.4) is 0 Å². The number of amides is 1. The van der Waals surface area contributed by atoms with E-state index in [9.17, 15) is 18.3 Å². The van der Waals surface area contributed by atoms with Gasteiger partial charge in [-0.15, -0.1) is 0 Å². The molecule has 0 bridgehead atoms. The number of rotatable bonds is 8. The summed E-state index contributed by atoms with van der Waals surface area (Å²) in [5.74, 6) is 0.216. The van der Waals surface area contributed by atoms with Crippen LogP contribution in [0.5, 0.6) is 17.2 Å². The second kappa shape index (κ2) is 9.80. The number of methoxy groups -OCH3 is 1. The fourth-order valence-electron chi connectivity index (χ4n) is 2.69. The van der Waals surface area contributed by atoms with Gasteiger partial charge in [-0.05, 0) is 67.6 Å². The molecule has 1 amide bonds. The Morgan fingerprint density at radius 3 is 2.38 bits per heavy atom. The molecule has 3 aromatic rings. The first-order valence-electron chi connectivity index (χ1n) is 9.41. The van der Waals surface area contributed by atoms with Gasteiger partial charge in [0.15, 0.2) is 6.10 Å². The zero-order chi connectivity index (χ0) is 23.3. The highest BCUT2D eigenvalue weighted by Crippen LogP contribution is 2.28. The number of carbonyl (C=O) groups excluding carboxylic acids is 1. The molecule has 0 aliphatic heterocycles. The number of sulfonamides is 1. The average Bonchev–Trinajstić information content (AvgIpc) is 2.75. The van der Waals surface area contributed by atoms with Crippen molar-refractivity contribution in [2.45, 2.75) is 17.9 Å². The molecule has 0 saturated carbocycles. The van der Waals surface area contributed by atoms with Crippen LogP contribution in [0, 0.1) is 0 Å². The highest BCUT2D eigenvalue weighted by Gasteiger charge is 2.20. The van der Waals surface area contributed by atoms with E-state index in [0.29, 0.717) is 16.5 Å². The maximum atomic E-state index is 12.7. The Morgan fingerprint density at radius 1 is 1.03 bits per heavy atom. The maximum absolute atomic E-state index is 12.7. The number of hydrogen-bond donors (Lipinski definition) is 3. The highest BCUT2D eigenvalue weighted by atomic mass is 35.5. The summed E-state index contributed by atoms with van der Waals surface area (Å²) in [6.45, 7) is 1.53. The number of nitrogens with one attached hydrogen (secondary N) is 2. The lowest BCUT2D eigenvalue weighted by molar-refractivity contribution is -0.122. The standard InChI is InChI=1S/C22H21ClN2O6S/c1-14(31-18-8-6-17(30-2)7-9-18)22(27)24-20-13-19(10-11-21(20)26)32(28,29)25-16-5-3-4-15(23)12-16/h3-14,25-26H,1-2H3,(H,24,27). The number of aromatic hydroxyl groups is 1. The van der Waals surface area contributed by atoms with Gasteiger partial charge in [0.25, 0.3) is 15.9 Å². The summed E-state index contributed by atoms with van der Waals surface area (Å²) in [6, 6.07) is 16.4. The molecule has 1 atom stereocenters. The van der Waals surface area contributed by atoms with Crippen LogP contribution in [0.15, 0.2) is 71.6 Å². The summed E-state index contributed by atoms with van der Waals surface area (Å²) >= 11 is 5.89. The Kier molecular flexibility index (Phi) is 7.12. The fraction of sp³-hybridized carbons (Fsp3) is 0.136. The van der Waals surface area contributed by atoms with E-state index in [1.807, 2.05) is 0 Å². The fourth-order valence-corrected chi connectivity index (χ4v) is 3.96. The molecule has 0 radical (unpaired) electrons. The van der Waals surface area contributed by atoms with Gasteiger partial charge in [0, 0.05) is 5.02 Å². The van der Waals surface area contributed by atoms with Crippen LogP contribution in [0.2, 0.25) is 5.02 Å². The summed E-state index contributed by atoms with van der Waals surface area (Å²) in [7, 11) is -2.46. The number of ether oxygens (including phenoxy) is 2. The van der Waals surface area contributed by atoms with Crippen molar-refractivity contribution in [3.05, 3.63) is 71.8 Å². The Morgan fingerprint density at radius 2 is 1.72 bits per heavy atom. The second-order valence-corrected chi connectivity index (χ2v) is 8.84.